The average molecular weight is 401 g/mol. The van der Waals surface area contributed by atoms with Gasteiger partial charge in [-0.3, -0.25) is 4.79 Å². The number of hydrogen-bond acceptors (Lipinski definition) is 3. The Morgan fingerprint density at radius 2 is 1.92 bits per heavy atom. The highest BCUT2D eigenvalue weighted by atomic mass is 35.5. The van der Waals surface area contributed by atoms with Crippen molar-refractivity contribution in [2.45, 2.75) is 19.6 Å². The summed E-state index contributed by atoms with van der Waals surface area (Å²) in [4.78, 5) is 25.5. The molecule has 3 rings (SSSR count). The van der Waals surface area contributed by atoms with Gasteiger partial charge in [-0.05, 0) is 36.8 Å². The Hall–Kier alpha value is -1.95. The van der Waals surface area contributed by atoms with Gasteiger partial charge in [0.1, 0.15) is 5.56 Å². The summed E-state index contributed by atoms with van der Waals surface area (Å²) in [6.45, 7) is 1.69. The maximum Gasteiger partial charge on any atom is 0.339 e. The zero-order valence-electron chi connectivity index (χ0n) is 12.9. The molecule has 2 aromatic carbocycles. The van der Waals surface area contributed by atoms with Gasteiger partial charge in [-0.2, -0.15) is 0 Å². The Morgan fingerprint density at radius 1 is 1.20 bits per heavy atom. The lowest BCUT2D eigenvalue weighted by Crippen LogP contribution is -2.44. The molecule has 0 radical (unpaired) electrons. The molecule has 1 unspecified atom stereocenters. The van der Waals surface area contributed by atoms with Crippen molar-refractivity contribution in [2.75, 3.05) is 4.90 Å². The molecule has 0 spiro atoms. The summed E-state index contributed by atoms with van der Waals surface area (Å²) < 4.78 is 5.52. The van der Waals surface area contributed by atoms with Crippen LogP contribution in [0.15, 0.2) is 30.3 Å². The standard InChI is InChI=1S/C17H12Cl3NO4/c1-8-16(22)21(7-9-2-3-10(18)5-13(9)20)14-6-11(19)4-12(17(23)24)15(14)25-8/h2-6,8H,7H2,1H3,(H,23,24). The number of hydrogen-bond donors (Lipinski definition) is 1. The minimum absolute atomic E-state index is 0.103. The third-order valence-electron chi connectivity index (χ3n) is 3.81. The molecule has 1 aliphatic rings. The lowest BCUT2D eigenvalue weighted by atomic mass is 10.1. The Bertz CT molecular complexity index is 884. The molecule has 0 saturated carbocycles. The number of carbonyl (C=O) groups excluding carboxylic acids is 1. The highest BCUT2D eigenvalue weighted by Gasteiger charge is 2.35. The minimum Gasteiger partial charge on any atom is -0.478 e. The number of benzene rings is 2. The van der Waals surface area contributed by atoms with Crippen LogP contribution >= 0.6 is 34.8 Å². The van der Waals surface area contributed by atoms with E-state index in [-0.39, 0.29) is 28.8 Å². The monoisotopic (exact) mass is 399 g/mol. The summed E-state index contributed by atoms with van der Waals surface area (Å²) in [7, 11) is 0. The van der Waals surface area contributed by atoms with Crippen LogP contribution in [0.2, 0.25) is 15.1 Å². The number of aromatic carboxylic acids is 1. The van der Waals surface area contributed by atoms with Gasteiger partial charge in [0, 0.05) is 15.1 Å². The molecule has 25 heavy (non-hydrogen) atoms. The van der Waals surface area contributed by atoms with E-state index in [0.29, 0.717) is 21.3 Å². The largest absolute Gasteiger partial charge is 0.478 e. The molecule has 0 fully saturated rings. The lowest BCUT2D eigenvalue weighted by molar-refractivity contribution is -0.125. The normalized spacial score (nSPS) is 16.4. The Labute approximate surface area is 158 Å². The number of carboxylic acids is 1. The number of fused-ring (bicyclic) bond motifs is 1. The van der Waals surface area contributed by atoms with Gasteiger partial charge >= 0.3 is 5.97 Å². The van der Waals surface area contributed by atoms with Gasteiger partial charge < -0.3 is 14.7 Å². The highest BCUT2D eigenvalue weighted by molar-refractivity contribution is 6.35. The van der Waals surface area contributed by atoms with E-state index in [2.05, 4.69) is 0 Å². The maximum absolute atomic E-state index is 12.6. The number of nitrogens with zero attached hydrogens (tertiary/aromatic N) is 1. The van der Waals surface area contributed by atoms with Crippen LogP contribution in [0.25, 0.3) is 0 Å². The Morgan fingerprint density at radius 3 is 2.56 bits per heavy atom. The van der Waals surface area contributed by atoms with Crippen molar-refractivity contribution >= 4 is 52.4 Å². The van der Waals surface area contributed by atoms with Crippen molar-refractivity contribution in [2.24, 2.45) is 0 Å². The van der Waals surface area contributed by atoms with Crippen molar-refractivity contribution in [3.05, 3.63) is 56.5 Å². The summed E-state index contributed by atoms with van der Waals surface area (Å²) in [5.74, 6) is -1.41. The van der Waals surface area contributed by atoms with Crippen molar-refractivity contribution in [1.29, 1.82) is 0 Å². The molecule has 0 aliphatic carbocycles. The van der Waals surface area contributed by atoms with Crippen LogP contribution in [0, 0.1) is 0 Å². The average Bonchev–Trinajstić information content (AvgIpc) is 2.53. The van der Waals surface area contributed by atoms with Crippen LogP contribution < -0.4 is 9.64 Å². The van der Waals surface area contributed by atoms with E-state index >= 15 is 0 Å². The van der Waals surface area contributed by atoms with Crippen LogP contribution in [0.3, 0.4) is 0 Å². The van der Waals surface area contributed by atoms with Gasteiger partial charge in [0.2, 0.25) is 0 Å². The summed E-state index contributed by atoms with van der Waals surface area (Å²) >= 11 is 18.1. The molecule has 1 aliphatic heterocycles. The number of carbonyl (C=O) groups is 2. The van der Waals surface area contributed by atoms with Gasteiger partial charge in [0.15, 0.2) is 11.9 Å². The van der Waals surface area contributed by atoms with E-state index in [1.54, 1.807) is 25.1 Å². The summed E-state index contributed by atoms with van der Waals surface area (Å²) in [5.41, 5.74) is 0.851. The molecule has 5 nitrogen and oxygen atoms in total. The molecule has 1 amide bonds. The highest BCUT2D eigenvalue weighted by Crippen LogP contribution is 2.41. The molecule has 0 bridgehead atoms. The third kappa shape index (κ3) is 3.40. The van der Waals surface area contributed by atoms with E-state index in [0.717, 1.165) is 0 Å². The molecule has 0 aromatic heterocycles. The van der Waals surface area contributed by atoms with Crippen molar-refractivity contribution in [1.82, 2.24) is 0 Å². The van der Waals surface area contributed by atoms with E-state index in [1.165, 1.54) is 17.0 Å². The van der Waals surface area contributed by atoms with E-state index < -0.39 is 12.1 Å². The minimum atomic E-state index is -1.19. The van der Waals surface area contributed by atoms with Gasteiger partial charge in [-0.1, -0.05) is 40.9 Å². The second-order valence-corrected chi connectivity index (χ2v) is 6.81. The van der Waals surface area contributed by atoms with Crippen LogP contribution in [0.4, 0.5) is 5.69 Å². The van der Waals surface area contributed by atoms with E-state index in [1.807, 2.05) is 0 Å². The van der Waals surface area contributed by atoms with Gasteiger partial charge in [-0.25, -0.2) is 4.79 Å². The van der Waals surface area contributed by atoms with Crippen molar-refractivity contribution in [3.63, 3.8) is 0 Å². The number of anilines is 1. The van der Waals surface area contributed by atoms with Gasteiger partial charge in [0.05, 0.1) is 12.2 Å². The topological polar surface area (TPSA) is 66.8 Å². The molecular weight excluding hydrogens is 389 g/mol. The van der Waals surface area contributed by atoms with Crippen molar-refractivity contribution in [3.8, 4) is 5.75 Å². The Kier molecular flexibility index (Phi) is 4.82. The van der Waals surface area contributed by atoms with E-state index in [9.17, 15) is 14.7 Å². The molecule has 0 saturated heterocycles. The second-order valence-electron chi connectivity index (χ2n) is 5.53. The fourth-order valence-electron chi connectivity index (χ4n) is 2.61. The number of carboxylic acid groups (broad SMARTS) is 1. The third-order valence-corrected chi connectivity index (χ3v) is 4.61. The van der Waals surface area contributed by atoms with E-state index in [4.69, 9.17) is 39.5 Å². The second kappa shape index (κ2) is 6.75. The summed E-state index contributed by atoms with van der Waals surface area (Å²) in [6, 6.07) is 7.74. The predicted octanol–water partition coefficient (Wildman–Crippen LogP) is 4.66. The first-order valence-corrected chi connectivity index (χ1v) is 8.40. The number of amides is 1. The van der Waals surface area contributed by atoms with Gasteiger partial charge in [-0.15, -0.1) is 0 Å². The first-order chi connectivity index (χ1) is 11.8. The van der Waals surface area contributed by atoms with Crippen LogP contribution in [0.5, 0.6) is 5.75 Å². The predicted molar refractivity (Wildman–Crippen MR) is 96.2 cm³/mol. The number of halogens is 3. The molecule has 130 valence electrons. The first kappa shape index (κ1) is 17.9. The van der Waals surface area contributed by atoms with Gasteiger partial charge in [0.25, 0.3) is 5.91 Å². The SMILES string of the molecule is CC1Oc2c(C(=O)O)cc(Cl)cc2N(Cc2ccc(Cl)cc2Cl)C1=O. The lowest BCUT2D eigenvalue weighted by Gasteiger charge is -2.34. The molecule has 2 aromatic rings. The summed E-state index contributed by atoms with van der Waals surface area (Å²) in [6.07, 6.45) is -0.835. The first-order valence-electron chi connectivity index (χ1n) is 7.26. The zero-order valence-corrected chi connectivity index (χ0v) is 15.2. The quantitative estimate of drug-likeness (QED) is 0.814. The Balaban J connectivity index is 2.11. The maximum atomic E-state index is 12.6. The summed E-state index contributed by atoms with van der Waals surface area (Å²) in [5, 5.41) is 10.5. The van der Waals surface area contributed by atoms with Crippen LogP contribution in [0.1, 0.15) is 22.8 Å². The number of rotatable bonds is 3. The van der Waals surface area contributed by atoms with Crippen LogP contribution in [-0.4, -0.2) is 23.1 Å². The number of ether oxygens (including phenoxy) is 1. The molecular formula is C17H12Cl3NO4. The molecule has 8 heteroatoms. The van der Waals surface area contributed by atoms with Crippen molar-refractivity contribution < 1.29 is 19.4 Å². The van der Waals surface area contributed by atoms with Crippen LogP contribution in [-0.2, 0) is 11.3 Å². The molecule has 1 N–H and O–H groups in total. The molecule has 1 heterocycles. The smallest absolute Gasteiger partial charge is 0.339 e. The molecule has 1 atom stereocenters. The fraction of sp³-hybridized carbons (Fsp3) is 0.176. The fourth-order valence-corrected chi connectivity index (χ4v) is 3.29. The zero-order chi connectivity index (χ0) is 18.3.